The van der Waals surface area contributed by atoms with E-state index in [0.29, 0.717) is 18.8 Å². The van der Waals surface area contributed by atoms with Crippen molar-refractivity contribution >= 4 is 5.91 Å². The molecule has 3 aromatic rings. The lowest BCUT2D eigenvalue weighted by Crippen LogP contribution is -2.29. The van der Waals surface area contributed by atoms with Gasteiger partial charge in [0.15, 0.2) is 0 Å². The number of nitrogens with one attached hydrogen (secondary N) is 1. The third-order valence-corrected chi connectivity index (χ3v) is 4.74. The average molecular weight is 353 g/mol. The lowest BCUT2D eigenvalue weighted by atomic mass is 10.0. The van der Waals surface area contributed by atoms with Gasteiger partial charge < -0.3 is 14.2 Å². The molecule has 0 radical (unpaired) electrons. The first-order valence-electron chi connectivity index (χ1n) is 8.37. The van der Waals surface area contributed by atoms with E-state index in [1.807, 2.05) is 31.2 Å². The first kappa shape index (κ1) is 16.5. The highest BCUT2D eigenvalue weighted by atomic mass is 16.5. The fourth-order valence-corrected chi connectivity index (χ4v) is 3.24. The van der Waals surface area contributed by atoms with E-state index in [0.717, 1.165) is 16.8 Å². The van der Waals surface area contributed by atoms with Crippen molar-refractivity contribution in [2.75, 3.05) is 20.2 Å². The fourth-order valence-electron chi connectivity index (χ4n) is 3.24. The van der Waals surface area contributed by atoms with E-state index in [9.17, 15) is 4.79 Å². The van der Waals surface area contributed by atoms with Crippen molar-refractivity contribution in [2.24, 2.45) is 0 Å². The van der Waals surface area contributed by atoms with Crippen LogP contribution in [0.1, 0.15) is 27.7 Å². The molecule has 0 saturated carbocycles. The highest BCUT2D eigenvalue weighted by Gasteiger charge is 2.39. The maximum Gasteiger partial charge on any atom is 0.292 e. The van der Waals surface area contributed by atoms with Gasteiger partial charge in [-0.3, -0.25) is 4.79 Å². The topological polar surface area (TPSA) is 97.1 Å². The average Bonchev–Trinajstić information content (AvgIpc) is 3.40. The van der Waals surface area contributed by atoms with Gasteiger partial charge in [0.05, 0.1) is 23.9 Å². The van der Waals surface area contributed by atoms with Crippen molar-refractivity contribution in [1.82, 2.24) is 25.5 Å². The van der Waals surface area contributed by atoms with Crippen molar-refractivity contribution in [3.05, 3.63) is 53.5 Å². The summed E-state index contributed by atoms with van der Waals surface area (Å²) in [5, 5.41) is 14.6. The number of H-pyrrole nitrogens is 1. The van der Waals surface area contributed by atoms with Crippen molar-refractivity contribution in [1.29, 1.82) is 0 Å². The summed E-state index contributed by atoms with van der Waals surface area (Å²) in [5.74, 6) is -0.0117. The summed E-state index contributed by atoms with van der Waals surface area (Å²) in [4.78, 5) is 14.5. The molecule has 1 aliphatic heterocycles. The van der Waals surface area contributed by atoms with Gasteiger partial charge in [0, 0.05) is 31.8 Å². The Morgan fingerprint density at radius 1 is 1.31 bits per heavy atom. The van der Waals surface area contributed by atoms with Gasteiger partial charge in [0.1, 0.15) is 5.69 Å². The third-order valence-electron chi connectivity index (χ3n) is 4.74. The molecule has 2 aromatic heterocycles. The second-order valence-electron chi connectivity index (χ2n) is 6.43. The Morgan fingerprint density at radius 3 is 2.81 bits per heavy atom. The van der Waals surface area contributed by atoms with E-state index in [-0.39, 0.29) is 23.7 Å². The van der Waals surface area contributed by atoms with Gasteiger partial charge in [0.2, 0.25) is 5.76 Å². The molecule has 26 heavy (non-hydrogen) atoms. The molecule has 1 saturated heterocycles. The monoisotopic (exact) mass is 353 g/mol. The van der Waals surface area contributed by atoms with Crippen LogP contribution in [0.2, 0.25) is 0 Å². The van der Waals surface area contributed by atoms with E-state index in [1.54, 1.807) is 24.3 Å². The molecule has 4 rings (SSSR count). The number of hydrogen-bond acceptors (Lipinski definition) is 6. The molecule has 0 spiro atoms. The third kappa shape index (κ3) is 2.99. The standard InChI is InChI=1S/C18H19N5O3/c1-11-3-5-12(6-4-11)14-7-16(26-21-14)18(24)23-9-13(17(10-23)25-2)15-8-19-22-20-15/h3-8,13,17H,9-10H2,1-2H3,(H,19,20,22)/t13-,17+/m0/s1. The molecule has 3 heterocycles. The number of methoxy groups -OCH3 is 1. The molecule has 1 amide bonds. The Kier molecular flexibility index (Phi) is 4.26. The lowest BCUT2D eigenvalue weighted by molar-refractivity contribution is 0.0679. The Bertz CT molecular complexity index is 888. The second kappa shape index (κ2) is 6.72. The zero-order valence-electron chi connectivity index (χ0n) is 14.5. The molecule has 1 fully saturated rings. The number of aromatic amines is 1. The molecule has 1 aromatic carbocycles. The Balaban J connectivity index is 1.52. The number of ether oxygens (including phenoxy) is 1. The van der Waals surface area contributed by atoms with Gasteiger partial charge in [-0.2, -0.15) is 15.4 Å². The quantitative estimate of drug-likeness (QED) is 0.771. The highest BCUT2D eigenvalue weighted by Crippen LogP contribution is 2.29. The van der Waals surface area contributed by atoms with Crippen molar-refractivity contribution < 1.29 is 14.1 Å². The van der Waals surface area contributed by atoms with E-state index >= 15 is 0 Å². The maximum absolute atomic E-state index is 12.8. The van der Waals surface area contributed by atoms with Crippen LogP contribution in [0.3, 0.4) is 0 Å². The van der Waals surface area contributed by atoms with Crippen LogP contribution in [0.4, 0.5) is 0 Å². The lowest BCUT2D eigenvalue weighted by Gasteiger charge is -2.13. The van der Waals surface area contributed by atoms with Crippen molar-refractivity contribution in [3.8, 4) is 11.3 Å². The number of nitrogens with zero attached hydrogens (tertiary/aromatic N) is 4. The number of amides is 1. The number of benzene rings is 1. The van der Waals surface area contributed by atoms with Crippen LogP contribution in [0.15, 0.2) is 41.1 Å². The Hall–Kier alpha value is -3.00. The predicted octanol–water partition coefficient (Wildman–Crippen LogP) is 2.02. The minimum Gasteiger partial charge on any atom is -0.379 e. The molecule has 134 valence electrons. The molecular formula is C18H19N5O3. The van der Waals surface area contributed by atoms with Crippen LogP contribution < -0.4 is 0 Å². The summed E-state index contributed by atoms with van der Waals surface area (Å²) in [6.07, 6.45) is 1.53. The smallest absolute Gasteiger partial charge is 0.292 e. The molecule has 2 atom stereocenters. The normalized spacial score (nSPS) is 19.8. The van der Waals surface area contributed by atoms with Crippen molar-refractivity contribution in [3.63, 3.8) is 0 Å². The summed E-state index contributed by atoms with van der Waals surface area (Å²) in [6, 6.07) is 9.59. The summed E-state index contributed by atoms with van der Waals surface area (Å²) in [7, 11) is 1.63. The first-order valence-corrected chi connectivity index (χ1v) is 8.37. The molecule has 1 aliphatic rings. The summed E-state index contributed by atoms with van der Waals surface area (Å²) < 4.78 is 10.8. The minimum absolute atomic E-state index is 0.0257. The van der Waals surface area contributed by atoms with Gasteiger partial charge >= 0.3 is 0 Å². The van der Waals surface area contributed by atoms with Crippen molar-refractivity contribution in [2.45, 2.75) is 18.9 Å². The van der Waals surface area contributed by atoms with Gasteiger partial charge in [0.25, 0.3) is 5.91 Å². The first-order chi connectivity index (χ1) is 12.7. The van der Waals surface area contributed by atoms with Gasteiger partial charge in [-0.15, -0.1) is 0 Å². The minimum atomic E-state index is -0.205. The van der Waals surface area contributed by atoms with Crippen LogP contribution in [0.25, 0.3) is 11.3 Å². The van der Waals surface area contributed by atoms with E-state index in [4.69, 9.17) is 9.26 Å². The van der Waals surface area contributed by atoms with Crippen LogP contribution in [0.5, 0.6) is 0 Å². The highest BCUT2D eigenvalue weighted by molar-refractivity contribution is 5.92. The van der Waals surface area contributed by atoms with Crippen LogP contribution >= 0.6 is 0 Å². The Morgan fingerprint density at radius 2 is 2.12 bits per heavy atom. The number of aromatic nitrogens is 4. The van der Waals surface area contributed by atoms with Crippen LogP contribution in [0, 0.1) is 6.92 Å². The maximum atomic E-state index is 12.8. The van der Waals surface area contributed by atoms with E-state index in [1.165, 1.54) is 0 Å². The fraction of sp³-hybridized carbons (Fsp3) is 0.333. The molecule has 1 N–H and O–H groups in total. The molecule has 0 bridgehead atoms. The van der Waals surface area contributed by atoms with Gasteiger partial charge in [-0.05, 0) is 6.92 Å². The molecule has 0 unspecified atom stereocenters. The Labute approximate surface area is 150 Å². The summed E-state index contributed by atoms with van der Waals surface area (Å²) in [5.41, 5.74) is 3.50. The molecule has 0 aliphatic carbocycles. The molecule has 8 nitrogen and oxygen atoms in total. The number of rotatable bonds is 4. The summed E-state index contributed by atoms with van der Waals surface area (Å²) >= 11 is 0. The van der Waals surface area contributed by atoms with Crippen LogP contribution in [-0.4, -0.2) is 57.7 Å². The van der Waals surface area contributed by atoms with Gasteiger partial charge in [-0.25, -0.2) is 0 Å². The number of carbonyl (C=O) groups is 1. The molecular weight excluding hydrogens is 334 g/mol. The number of carbonyl (C=O) groups excluding carboxylic acids is 1. The summed E-state index contributed by atoms with van der Waals surface area (Å²) in [6.45, 7) is 2.98. The number of likely N-dealkylation sites (tertiary alicyclic amines) is 1. The zero-order valence-corrected chi connectivity index (χ0v) is 14.5. The zero-order chi connectivity index (χ0) is 18.1. The van der Waals surface area contributed by atoms with Crippen LogP contribution in [-0.2, 0) is 4.74 Å². The number of hydrogen-bond donors (Lipinski definition) is 1. The van der Waals surface area contributed by atoms with Gasteiger partial charge in [-0.1, -0.05) is 35.0 Å². The number of aryl methyl sites for hydroxylation is 1. The second-order valence-corrected chi connectivity index (χ2v) is 6.43. The molecule has 8 heteroatoms. The largest absolute Gasteiger partial charge is 0.379 e. The van der Waals surface area contributed by atoms with E-state index < -0.39 is 0 Å². The SMILES string of the molecule is CO[C@@H]1CN(C(=O)c2cc(-c3ccc(C)cc3)no2)C[C@H]1c1cn[nH]n1. The van der Waals surface area contributed by atoms with E-state index in [2.05, 4.69) is 20.6 Å². The predicted molar refractivity (Wildman–Crippen MR) is 92.5 cm³/mol.